The van der Waals surface area contributed by atoms with E-state index in [0.29, 0.717) is 34.4 Å². The molecule has 0 saturated carbocycles. The Hall–Kier alpha value is -2.05. The smallest absolute Gasteiger partial charge is 0.416 e. The molecule has 0 spiro atoms. The van der Waals surface area contributed by atoms with Crippen molar-refractivity contribution >= 4 is 22.9 Å². The van der Waals surface area contributed by atoms with Gasteiger partial charge in [-0.2, -0.15) is 13.2 Å². The number of alkyl halides is 3. The van der Waals surface area contributed by atoms with Crippen LogP contribution in [0.1, 0.15) is 16.1 Å². The predicted molar refractivity (Wildman–Crippen MR) is 97.9 cm³/mol. The molecule has 2 aromatic carbocycles. The van der Waals surface area contributed by atoms with Gasteiger partial charge in [0.05, 0.1) is 17.9 Å². The summed E-state index contributed by atoms with van der Waals surface area (Å²) in [6.45, 7) is 2.39. The van der Waals surface area contributed by atoms with E-state index in [9.17, 15) is 13.2 Å². The van der Waals surface area contributed by atoms with E-state index < -0.39 is 11.7 Å². The Bertz CT molecular complexity index is 891. The number of ether oxygens (including phenoxy) is 1. The van der Waals surface area contributed by atoms with Crippen LogP contribution < -0.4 is 4.74 Å². The van der Waals surface area contributed by atoms with Crippen molar-refractivity contribution in [2.45, 2.75) is 19.5 Å². The van der Waals surface area contributed by atoms with Crippen LogP contribution >= 0.6 is 22.9 Å². The predicted octanol–water partition coefficient (Wildman–Crippen LogP) is 6.41. The lowest BCUT2D eigenvalue weighted by molar-refractivity contribution is -0.137. The van der Waals surface area contributed by atoms with Crippen molar-refractivity contribution in [3.05, 3.63) is 69.7 Å². The zero-order valence-electron chi connectivity index (χ0n) is 13.8. The van der Waals surface area contributed by atoms with Crippen molar-refractivity contribution in [3.63, 3.8) is 0 Å². The third kappa shape index (κ3) is 4.56. The van der Waals surface area contributed by atoms with Gasteiger partial charge in [-0.1, -0.05) is 29.8 Å². The Morgan fingerprint density at radius 2 is 1.85 bits per heavy atom. The number of benzene rings is 2. The molecule has 0 radical (unpaired) electrons. The Labute approximate surface area is 158 Å². The minimum atomic E-state index is -4.33. The zero-order chi connectivity index (χ0) is 18.7. The number of rotatable bonds is 5. The molecule has 0 bridgehead atoms. The van der Waals surface area contributed by atoms with Crippen LogP contribution in [0.15, 0.2) is 48.5 Å². The highest BCUT2D eigenvalue weighted by molar-refractivity contribution is 7.15. The minimum absolute atomic E-state index is 0.442. The molecule has 2 nitrogen and oxygen atoms in total. The highest BCUT2D eigenvalue weighted by Crippen LogP contribution is 2.33. The molecule has 0 unspecified atom stereocenters. The Balaban J connectivity index is 1.67. The molecule has 3 aromatic rings. The SMILES string of the molecule is Cc1sc(-c2ccc(C(F)(F)F)cc2)nc1CCOc1cccc(Cl)c1. The summed E-state index contributed by atoms with van der Waals surface area (Å²) in [6, 6.07) is 12.2. The average molecular weight is 398 g/mol. The standard InChI is InChI=1S/C19H15ClF3NOS/c1-12-17(9-10-25-16-4-2-3-15(20)11-16)24-18(26-12)13-5-7-14(8-6-13)19(21,22)23/h2-8,11H,9-10H2,1H3. The van der Waals surface area contributed by atoms with Crippen LogP contribution in [0.3, 0.4) is 0 Å². The molecule has 3 rings (SSSR count). The normalized spacial score (nSPS) is 11.6. The van der Waals surface area contributed by atoms with Gasteiger partial charge in [-0.25, -0.2) is 4.98 Å². The molecule has 0 saturated heterocycles. The number of halogens is 4. The third-order valence-corrected chi connectivity index (χ3v) is 5.05. The van der Waals surface area contributed by atoms with E-state index in [-0.39, 0.29) is 0 Å². The minimum Gasteiger partial charge on any atom is -0.493 e. The number of hydrogen-bond donors (Lipinski definition) is 0. The van der Waals surface area contributed by atoms with Crippen LogP contribution in [0, 0.1) is 6.92 Å². The molecule has 1 aromatic heterocycles. The van der Waals surface area contributed by atoms with Gasteiger partial charge in [-0.15, -0.1) is 11.3 Å². The fourth-order valence-electron chi connectivity index (χ4n) is 2.41. The Kier molecular flexibility index (Phi) is 5.53. The fraction of sp³-hybridized carbons (Fsp3) is 0.211. The largest absolute Gasteiger partial charge is 0.493 e. The molecular weight excluding hydrogens is 383 g/mol. The van der Waals surface area contributed by atoms with Gasteiger partial charge in [0.1, 0.15) is 10.8 Å². The van der Waals surface area contributed by atoms with Crippen molar-refractivity contribution in [2.75, 3.05) is 6.61 Å². The third-order valence-electron chi connectivity index (χ3n) is 3.76. The van der Waals surface area contributed by atoms with E-state index in [1.54, 1.807) is 12.1 Å². The maximum absolute atomic E-state index is 12.7. The first kappa shape index (κ1) is 18.7. The van der Waals surface area contributed by atoms with Crippen molar-refractivity contribution in [2.24, 2.45) is 0 Å². The summed E-state index contributed by atoms with van der Waals surface area (Å²) in [4.78, 5) is 5.57. The van der Waals surface area contributed by atoms with Gasteiger partial charge in [0, 0.05) is 21.9 Å². The summed E-state index contributed by atoms with van der Waals surface area (Å²) in [5.74, 6) is 0.688. The first-order chi connectivity index (χ1) is 12.3. The summed E-state index contributed by atoms with van der Waals surface area (Å²) in [6.07, 6.45) is -3.73. The van der Waals surface area contributed by atoms with Gasteiger partial charge in [-0.3, -0.25) is 0 Å². The van der Waals surface area contributed by atoms with Crippen molar-refractivity contribution in [1.29, 1.82) is 0 Å². The van der Waals surface area contributed by atoms with Crippen LogP contribution in [0.5, 0.6) is 5.75 Å². The second kappa shape index (κ2) is 7.68. The molecule has 0 aliphatic rings. The monoisotopic (exact) mass is 397 g/mol. The molecule has 7 heteroatoms. The van der Waals surface area contributed by atoms with E-state index in [1.807, 2.05) is 19.1 Å². The Morgan fingerprint density at radius 1 is 1.12 bits per heavy atom. The molecule has 0 atom stereocenters. The van der Waals surface area contributed by atoms with Crippen LogP contribution in [0.2, 0.25) is 5.02 Å². The molecule has 0 aliphatic heterocycles. The first-order valence-electron chi connectivity index (χ1n) is 7.85. The molecule has 0 aliphatic carbocycles. The highest BCUT2D eigenvalue weighted by Gasteiger charge is 2.30. The topological polar surface area (TPSA) is 22.1 Å². The number of hydrogen-bond acceptors (Lipinski definition) is 3. The maximum Gasteiger partial charge on any atom is 0.416 e. The summed E-state index contributed by atoms with van der Waals surface area (Å²) in [5.41, 5.74) is 0.893. The van der Waals surface area contributed by atoms with Crippen molar-refractivity contribution in [1.82, 2.24) is 4.98 Å². The van der Waals surface area contributed by atoms with E-state index in [0.717, 1.165) is 22.7 Å². The lowest BCUT2D eigenvalue weighted by atomic mass is 10.1. The molecule has 0 fully saturated rings. The van der Waals surface area contributed by atoms with Crippen LogP contribution in [0.25, 0.3) is 10.6 Å². The molecule has 136 valence electrons. The maximum atomic E-state index is 12.7. The van der Waals surface area contributed by atoms with Crippen LogP contribution in [0.4, 0.5) is 13.2 Å². The summed E-state index contributed by atoms with van der Waals surface area (Å²) in [5, 5.41) is 1.31. The molecular formula is C19H15ClF3NOS. The van der Waals surface area contributed by atoms with Crippen molar-refractivity contribution in [3.8, 4) is 16.3 Å². The molecule has 1 heterocycles. The average Bonchev–Trinajstić information content (AvgIpc) is 2.95. The summed E-state index contributed by atoms with van der Waals surface area (Å²) >= 11 is 7.38. The number of nitrogens with zero attached hydrogens (tertiary/aromatic N) is 1. The number of aromatic nitrogens is 1. The molecule has 0 amide bonds. The second-order valence-corrected chi connectivity index (χ2v) is 7.29. The summed E-state index contributed by atoms with van der Waals surface area (Å²) < 4.78 is 43.6. The van der Waals surface area contributed by atoms with Gasteiger partial charge in [-0.05, 0) is 37.3 Å². The highest BCUT2D eigenvalue weighted by atomic mass is 35.5. The quantitative estimate of drug-likeness (QED) is 0.496. The zero-order valence-corrected chi connectivity index (χ0v) is 15.4. The van der Waals surface area contributed by atoms with E-state index >= 15 is 0 Å². The number of aryl methyl sites for hydroxylation is 1. The van der Waals surface area contributed by atoms with Gasteiger partial charge in [0.25, 0.3) is 0 Å². The Morgan fingerprint density at radius 3 is 2.50 bits per heavy atom. The number of thiazole rings is 1. The van der Waals surface area contributed by atoms with Gasteiger partial charge in [0.2, 0.25) is 0 Å². The second-order valence-electron chi connectivity index (χ2n) is 5.65. The summed E-state index contributed by atoms with van der Waals surface area (Å²) in [7, 11) is 0. The fourth-order valence-corrected chi connectivity index (χ4v) is 3.55. The van der Waals surface area contributed by atoms with Crippen LogP contribution in [-0.4, -0.2) is 11.6 Å². The lowest BCUT2D eigenvalue weighted by Gasteiger charge is -2.06. The van der Waals surface area contributed by atoms with Crippen molar-refractivity contribution < 1.29 is 17.9 Å². The molecule has 26 heavy (non-hydrogen) atoms. The van der Waals surface area contributed by atoms with E-state index in [4.69, 9.17) is 16.3 Å². The van der Waals surface area contributed by atoms with E-state index in [2.05, 4.69) is 4.98 Å². The van der Waals surface area contributed by atoms with E-state index in [1.165, 1.54) is 23.5 Å². The van der Waals surface area contributed by atoms with Crippen LogP contribution in [-0.2, 0) is 12.6 Å². The molecule has 0 N–H and O–H groups in total. The lowest BCUT2D eigenvalue weighted by Crippen LogP contribution is -2.04. The first-order valence-corrected chi connectivity index (χ1v) is 9.04. The van der Waals surface area contributed by atoms with Gasteiger partial charge < -0.3 is 4.74 Å². The van der Waals surface area contributed by atoms with Gasteiger partial charge in [0.15, 0.2) is 0 Å². The van der Waals surface area contributed by atoms with Gasteiger partial charge >= 0.3 is 6.18 Å².